The minimum Gasteiger partial charge on any atom is -0.488 e. The smallest absolute Gasteiger partial charge is 0.122 e. The molecule has 0 radical (unpaired) electrons. The maximum absolute atomic E-state index is 6.14. The summed E-state index contributed by atoms with van der Waals surface area (Å²) in [6.07, 6.45) is 1.13. The van der Waals surface area contributed by atoms with E-state index in [1.807, 2.05) is 18.2 Å². The van der Waals surface area contributed by atoms with Gasteiger partial charge in [-0.2, -0.15) is 0 Å². The van der Waals surface area contributed by atoms with Gasteiger partial charge >= 0.3 is 0 Å². The molecule has 0 spiro atoms. The van der Waals surface area contributed by atoms with Crippen molar-refractivity contribution in [1.29, 1.82) is 0 Å². The van der Waals surface area contributed by atoms with Crippen LogP contribution in [0.1, 0.15) is 32.8 Å². The second kappa shape index (κ2) is 9.21. The molecule has 0 aromatic heterocycles. The lowest BCUT2D eigenvalue weighted by atomic mass is 10.2. The van der Waals surface area contributed by atoms with Gasteiger partial charge in [0.25, 0.3) is 0 Å². The van der Waals surface area contributed by atoms with Crippen LogP contribution in [0, 0.1) is 6.92 Å². The molecule has 1 N–H and O–H groups in total. The molecule has 0 fully saturated rings. The highest BCUT2D eigenvalue weighted by Crippen LogP contribution is 2.20. The first-order valence-corrected chi connectivity index (χ1v) is 8.99. The van der Waals surface area contributed by atoms with Crippen molar-refractivity contribution in [1.82, 2.24) is 0 Å². The quantitative estimate of drug-likeness (QED) is 0.693. The Labute approximate surface area is 146 Å². The van der Waals surface area contributed by atoms with Crippen molar-refractivity contribution in [2.45, 2.75) is 40.2 Å². The first-order chi connectivity index (χ1) is 11.7. The van der Waals surface area contributed by atoms with E-state index in [9.17, 15) is 0 Å². The molecule has 0 saturated carbocycles. The van der Waals surface area contributed by atoms with E-state index in [4.69, 9.17) is 4.74 Å². The molecule has 0 aliphatic rings. The summed E-state index contributed by atoms with van der Waals surface area (Å²) in [4.78, 5) is 2.35. The maximum Gasteiger partial charge on any atom is 0.122 e. The molecule has 0 bridgehead atoms. The Hall–Kier alpha value is -2.16. The highest BCUT2D eigenvalue weighted by molar-refractivity contribution is 5.55. The fourth-order valence-corrected chi connectivity index (χ4v) is 2.75. The Morgan fingerprint density at radius 1 is 0.958 bits per heavy atom. The summed E-state index contributed by atoms with van der Waals surface area (Å²) in [7, 11) is 0. The summed E-state index contributed by atoms with van der Waals surface area (Å²) in [6, 6.07) is 16.8. The van der Waals surface area contributed by atoms with Crippen LogP contribution in [0.2, 0.25) is 0 Å². The number of ether oxygens (including phenoxy) is 1. The first kappa shape index (κ1) is 18.2. The van der Waals surface area contributed by atoms with Crippen LogP contribution < -0.4 is 15.0 Å². The lowest BCUT2D eigenvalue weighted by Crippen LogP contribution is -2.25. The number of nitrogens with one attached hydrogen (secondary N) is 1. The van der Waals surface area contributed by atoms with Crippen LogP contribution >= 0.6 is 0 Å². The highest BCUT2D eigenvalue weighted by atomic mass is 16.5. The van der Waals surface area contributed by atoms with E-state index < -0.39 is 0 Å². The van der Waals surface area contributed by atoms with Crippen molar-refractivity contribution in [2.24, 2.45) is 0 Å². The summed E-state index contributed by atoms with van der Waals surface area (Å²) in [5.74, 6) is 0.975. The van der Waals surface area contributed by atoms with Gasteiger partial charge in [-0.05, 0) is 63.1 Å². The van der Waals surface area contributed by atoms with Crippen LogP contribution in [0.15, 0.2) is 48.5 Å². The van der Waals surface area contributed by atoms with Crippen LogP contribution in [-0.2, 0) is 0 Å². The Balaban J connectivity index is 1.92. The number of anilines is 2. The van der Waals surface area contributed by atoms with Crippen LogP contribution in [-0.4, -0.2) is 25.7 Å². The van der Waals surface area contributed by atoms with E-state index in [0.29, 0.717) is 0 Å². The number of nitrogens with zero attached hydrogens (tertiary/aromatic N) is 1. The van der Waals surface area contributed by atoms with Crippen molar-refractivity contribution < 1.29 is 4.74 Å². The second-order valence-corrected chi connectivity index (χ2v) is 6.01. The lowest BCUT2D eigenvalue weighted by molar-refractivity contribution is 0.208. The van der Waals surface area contributed by atoms with Gasteiger partial charge in [0.2, 0.25) is 0 Å². The molecule has 2 rings (SSSR count). The summed E-state index contributed by atoms with van der Waals surface area (Å²) >= 11 is 0. The molecule has 1 atom stereocenters. The molecule has 0 amide bonds. The normalized spacial score (nSPS) is 11.8. The summed E-state index contributed by atoms with van der Waals surface area (Å²) < 4.78 is 6.14. The Bertz CT molecular complexity index is 605. The third-order valence-electron chi connectivity index (χ3n) is 4.37. The van der Waals surface area contributed by atoms with Gasteiger partial charge < -0.3 is 15.0 Å². The van der Waals surface area contributed by atoms with E-state index in [1.54, 1.807) is 0 Å². The van der Waals surface area contributed by atoms with Crippen molar-refractivity contribution >= 4 is 11.4 Å². The minimum atomic E-state index is 0.161. The van der Waals surface area contributed by atoms with Gasteiger partial charge in [-0.15, -0.1) is 0 Å². The van der Waals surface area contributed by atoms with Crippen molar-refractivity contribution in [3.8, 4) is 5.75 Å². The molecule has 0 aliphatic heterocycles. The number of para-hydroxylation sites is 1. The third-order valence-corrected chi connectivity index (χ3v) is 4.37. The Morgan fingerprint density at radius 2 is 1.62 bits per heavy atom. The number of benzene rings is 2. The van der Waals surface area contributed by atoms with Crippen molar-refractivity contribution in [3.05, 3.63) is 54.1 Å². The van der Waals surface area contributed by atoms with E-state index in [2.05, 4.69) is 68.2 Å². The van der Waals surface area contributed by atoms with Gasteiger partial charge in [0.1, 0.15) is 11.9 Å². The molecule has 24 heavy (non-hydrogen) atoms. The molecule has 3 nitrogen and oxygen atoms in total. The third kappa shape index (κ3) is 4.92. The SMILES string of the molecule is CCC(CNc1ccc(N(CC)CC)cc1)Oc1ccccc1C. The molecule has 0 aliphatic carbocycles. The van der Waals surface area contributed by atoms with Gasteiger partial charge in [0, 0.05) is 24.5 Å². The zero-order valence-corrected chi connectivity index (χ0v) is 15.4. The minimum absolute atomic E-state index is 0.161. The molecule has 2 aromatic carbocycles. The average Bonchev–Trinajstić information content (AvgIpc) is 2.62. The monoisotopic (exact) mass is 326 g/mol. The van der Waals surface area contributed by atoms with E-state index >= 15 is 0 Å². The zero-order valence-electron chi connectivity index (χ0n) is 15.4. The summed E-state index contributed by atoms with van der Waals surface area (Å²) in [6.45, 7) is 11.5. The predicted octanol–water partition coefficient (Wildman–Crippen LogP) is 5.11. The lowest BCUT2D eigenvalue weighted by Gasteiger charge is -2.22. The van der Waals surface area contributed by atoms with Crippen LogP contribution in [0.4, 0.5) is 11.4 Å². The van der Waals surface area contributed by atoms with Gasteiger partial charge in [0.15, 0.2) is 0 Å². The van der Waals surface area contributed by atoms with Crippen molar-refractivity contribution in [3.63, 3.8) is 0 Å². The number of aryl methyl sites for hydroxylation is 1. The molecule has 1 unspecified atom stereocenters. The maximum atomic E-state index is 6.14. The highest BCUT2D eigenvalue weighted by Gasteiger charge is 2.10. The largest absolute Gasteiger partial charge is 0.488 e. The van der Waals surface area contributed by atoms with Gasteiger partial charge in [-0.1, -0.05) is 25.1 Å². The second-order valence-electron chi connectivity index (χ2n) is 6.01. The molecule has 3 heteroatoms. The molecular formula is C21H30N2O. The predicted molar refractivity (Wildman–Crippen MR) is 104 cm³/mol. The van der Waals surface area contributed by atoms with Gasteiger partial charge in [-0.25, -0.2) is 0 Å². The van der Waals surface area contributed by atoms with Gasteiger partial charge in [0.05, 0.1) is 6.54 Å². The zero-order chi connectivity index (χ0) is 17.4. The van der Waals surface area contributed by atoms with Crippen LogP contribution in [0.25, 0.3) is 0 Å². The fraction of sp³-hybridized carbons (Fsp3) is 0.429. The molecule has 0 heterocycles. The number of hydrogen-bond acceptors (Lipinski definition) is 3. The Kier molecular flexibility index (Phi) is 6.98. The number of rotatable bonds is 9. The summed E-state index contributed by atoms with van der Waals surface area (Å²) in [5.41, 5.74) is 3.59. The topological polar surface area (TPSA) is 24.5 Å². The standard InChI is InChI=1S/C21H30N2O/c1-5-20(24-21-11-9-8-10-17(21)4)16-22-18-12-14-19(15-13-18)23(6-2)7-3/h8-15,20,22H,5-7,16H2,1-4H3. The molecule has 2 aromatic rings. The van der Waals surface area contributed by atoms with Crippen LogP contribution in [0.3, 0.4) is 0 Å². The van der Waals surface area contributed by atoms with E-state index in [1.165, 1.54) is 11.3 Å². The number of hydrogen-bond donors (Lipinski definition) is 1. The Morgan fingerprint density at radius 3 is 2.21 bits per heavy atom. The summed E-state index contributed by atoms with van der Waals surface area (Å²) in [5, 5.41) is 3.49. The fourth-order valence-electron chi connectivity index (χ4n) is 2.75. The molecular weight excluding hydrogens is 296 g/mol. The first-order valence-electron chi connectivity index (χ1n) is 8.99. The van der Waals surface area contributed by atoms with Crippen LogP contribution in [0.5, 0.6) is 5.75 Å². The van der Waals surface area contributed by atoms with E-state index in [0.717, 1.165) is 37.5 Å². The molecule has 0 saturated heterocycles. The van der Waals surface area contributed by atoms with Crippen molar-refractivity contribution in [2.75, 3.05) is 29.9 Å². The van der Waals surface area contributed by atoms with Gasteiger partial charge in [-0.3, -0.25) is 0 Å². The van der Waals surface area contributed by atoms with E-state index in [-0.39, 0.29) is 6.10 Å². The average molecular weight is 326 g/mol. The molecule has 130 valence electrons.